The SMILES string of the molecule is CC(=O)Nc1ccn(C2CSC(CO[Si](c3ccccc3)(c3ccccc3)C(C)(C)C)O2)c(=O)n1. The molecule has 1 fully saturated rings. The van der Waals surface area contributed by atoms with E-state index < -0.39 is 20.2 Å². The summed E-state index contributed by atoms with van der Waals surface area (Å²) in [6.45, 7) is 8.51. The zero-order valence-electron chi connectivity index (χ0n) is 20.4. The maximum Gasteiger partial charge on any atom is 0.351 e. The first kappa shape index (κ1) is 25.4. The average Bonchev–Trinajstić information content (AvgIpc) is 3.28. The van der Waals surface area contributed by atoms with Gasteiger partial charge in [0.15, 0.2) is 0 Å². The lowest BCUT2D eigenvalue weighted by molar-refractivity contribution is -0.114. The van der Waals surface area contributed by atoms with E-state index in [0.29, 0.717) is 12.4 Å². The van der Waals surface area contributed by atoms with Gasteiger partial charge in [-0.3, -0.25) is 9.36 Å². The molecular formula is C26H31N3O4SSi. The van der Waals surface area contributed by atoms with Crippen molar-refractivity contribution in [3.8, 4) is 0 Å². The molecule has 0 saturated carbocycles. The lowest BCUT2D eigenvalue weighted by atomic mass is 10.2. The van der Waals surface area contributed by atoms with Gasteiger partial charge in [-0.2, -0.15) is 4.98 Å². The molecule has 0 radical (unpaired) electrons. The van der Waals surface area contributed by atoms with Crippen LogP contribution in [0.1, 0.15) is 33.9 Å². The number of rotatable bonds is 7. The lowest BCUT2D eigenvalue weighted by Gasteiger charge is -2.43. The van der Waals surface area contributed by atoms with Crippen molar-refractivity contribution in [3.05, 3.63) is 83.4 Å². The summed E-state index contributed by atoms with van der Waals surface area (Å²) in [6.07, 6.45) is 1.16. The Labute approximate surface area is 211 Å². The van der Waals surface area contributed by atoms with Crippen LogP contribution in [-0.4, -0.2) is 41.6 Å². The molecule has 3 aromatic rings. The third kappa shape index (κ3) is 5.43. The minimum absolute atomic E-state index is 0.126. The fourth-order valence-electron chi connectivity index (χ4n) is 4.51. The second-order valence-electron chi connectivity index (χ2n) is 9.51. The summed E-state index contributed by atoms with van der Waals surface area (Å²) in [4.78, 5) is 27.7. The van der Waals surface area contributed by atoms with Gasteiger partial charge in [-0.05, 0) is 21.5 Å². The summed E-state index contributed by atoms with van der Waals surface area (Å²) in [5.41, 5.74) is -0.682. The van der Waals surface area contributed by atoms with Crippen molar-refractivity contribution in [2.24, 2.45) is 0 Å². The summed E-state index contributed by atoms with van der Waals surface area (Å²) in [7, 11) is -2.67. The number of thioether (sulfide) groups is 1. The Morgan fingerprint density at radius 1 is 1.11 bits per heavy atom. The van der Waals surface area contributed by atoms with E-state index in [1.165, 1.54) is 21.9 Å². The topological polar surface area (TPSA) is 82.5 Å². The Morgan fingerprint density at radius 2 is 1.71 bits per heavy atom. The van der Waals surface area contributed by atoms with Gasteiger partial charge < -0.3 is 14.5 Å². The fourth-order valence-corrected chi connectivity index (χ4v) is 10.2. The lowest BCUT2D eigenvalue weighted by Crippen LogP contribution is -2.67. The van der Waals surface area contributed by atoms with E-state index in [1.54, 1.807) is 24.0 Å². The maximum atomic E-state index is 12.5. The Kier molecular flexibility index (Phi) is 7.61. The van der Waals surface area contributed by atoms with Crippen molar-refractivity contribution in [1.29, 1.82) is 0 Å². The van der Waals surface area contributed by atoms with Gasteiger partial charge in [0.25, 0.3) is 8.32 Å². The highest BCUT2D eigenvalue weighted by Crippen LogP contribution is 2.38. The number of anilines is 1. The predicted molar refractivity (Wildman–Crippen MR) is 143 cm³/mol. The summed E-state index contributed by atoms with van der Waals surface area (Å²) in [6, 6.07) is 22.6. The van der Waals surface area contributed by atoms with Gasteiger partial charge >= 0.3 is 5.69 Å². The third-order valence-electron chi connectivity index (χ3n) is 6.03. The predicted octanol–water partition coefficient (Wildman–Crippen LogP) is 3.37. The van der Waals surface area contributed by atoms with Gasteiger partial charge in [0.05, 0.1) is 6.61 Å². The second kappa shape index (κ2) is 10.5. The van der Waals surface area contributed by atoms with Crippen molar-refractivity contribution in [3.63, 3.8) is 0 Å². The average molecular weight is 510 g/mol. The monoisotopic (exact) mass is 509 g/mol. The first-order chi connectivity index (χ1) is 16.7. The first-order valence-corrected chi connectivity index (χ1v) is 14.6. The number of hydrogen-bond acceptors (Lipinski definition) is 6. The van der Waals surface area contributed by atoms with Crippen LogP contribution >= 0.6 is 11.8 Å². The molecule has 1 aliphatic rings. The van der Waals surface area contributed by atoms with E-state index in [1.807, 2.05) is 12.1 Å². The molecule has 1 amide bonds. The largest absolute Gasteiger partial charge is 0.404 e. The van der Waals surface area contributed by atoms with Crippen LogP contribution < -0.4 is 21.4 Å². The minimum Gasteiger partial charge on any atom is -0.404 e. The maximum absolute atomic E-state index is 12.5. The number of hydrogen-bond donors (Lipinski definition) is 1. The van der Waals surface area contributed by atoms with Crippen LogP contribution in [0.5, 0.6) is 0 Å². The van der Waals surface area contributed by atoms with Crippen LogP contribution in [0.2, 0.25) is 5.04 Å². The summed E-state index contributed by atoms with van der Waals surface area (Å²) < 4.78 is 14.7. The van der Waals surface area contributed by atoms with Crippen molar-refractivity contribution in [2.75, 3.05) is 17.7 Å². The highest BCUT2D eigenvalue weighted by molar-refractivity contribution is 8.00. The number of amides is 1. The van der Waals surface area contributed by atoms with Crippen molar-refractivity contribution < 1.29 is 14.0 Å². The zero-order chi connectivity index (χ0) is 25.1. The zero-order valence-corrected chi connectivity index (χ0v) is 22.2. The number of carbonyl (C=O) groups excluding carboxylic acids is 1. The van der Waals surface area contributed by atoms with Crippen molar-refractivity contribution in [1.82, 2.24) is 9.55 Å². The Morgan fingerprint density at radius 3 is 2.23 bits per heavy atom. The van der Waals surface area contributed by atoms with Crippen LogP contribution in [0.15, 0.2) is 77.7 Å². The van der Waals surface area contributed by atoms with Crippen molar-refractivity contribution >= 4 is 42.2 Å². The quantitative estimate of drug-likeness (QED) is 0.492. The molecule has 35 heavy (non-hydrogen) atoms. The molecule has 9 heteroatoms. The standard InChI is InChI=1S/C26H31N3O4SSi/c1-19(30)27-22-15-16-29(25(31)28-22)23-18-34-24(33-23)17-32-35(26(2,3)4,20-11-7-5-8-12-20)21-13-9-6-10-14-21/h5-16,23-24H,17-18H2,1-4H3,(H,27,28,30,31). The summed E-state index contributed by atoms with van der Waals surface area (Å²) in [5, 5.41) is 4.83. The van der Waals surface area contributed by atoms with E-state index >= 15 is 0 Å². The van der Waals surface area contributed by atoms with Crippen molar-refractivity contribution in [2.45, 2.75) is 44.4 Å². The van der Waals surface area contributed by atoms with Crippen LogP contribution in [0.4, 0.5) is 5.82 Å². The number of carbonyl (C=O) groups is 1. The Hall–Kier alpha value is -2.72. The van der Waals surface area contributed by atoms with E-state index in [-0.39, 0.29) is 22.2 Å². The van der Waals surface area contributed by atoms with Crippen LogP contribution in [-0.2, 0) is 14.0 Å². The van der Waals surface area contributed by atoms with Gasteiger partial charge in [-0.1, -0.05) is 81.4 Å². The van der Waals surface area contributed by atoms with E-state index in [9.17, 15) is 9.59 Å². The number of nitrogens with zero attached hydrogens (tertiary/aromatic N) is 2. The highest BCUT2D eigenvalue weighted by atomic mass is 32.2. The van der Waals surface area contributed by atoms with Gasteiger partial charge in [-0.25, -0.2) is 4.79 Å². The number of aromatic nitrogens is 2. The van der Waals surface area contributed by atoms with E-state index in [0.717, 1.165) is 0 Å². The molecule has 7 nitrogen and oxygen atoms in total. The second-order valence-corrected chi connectivity index (χ2v) is 15.0. The van der Waals surface area contributed by atoms with E-state index in [2.05, 4.69) is 79.6 Å². The third-order valence-corrected chi connectivity index (χ3v) is 12.1. The summed E-state index contributed by atoms with van der Waals surface area (Å²) >= 11 is 1.63. The molecule has 1 aliphatic heterocycles. The molecule has 2 atom stereocenters. The summed E-state index contributed by atoms with van der Waals surface area (Å²) in [5.74, 6) is 0.564. The van der Waals surface area contributed by atoms with Crippen LogP contribution in [0.25, 0.3) is 0 Å². The Bertz CT molecular complexity index is 1180. The molecule has 1 aromatic heterocycles. The highest BCUT2D eigenvalue weighted by Gasteiger charge is 2.50. The van der Waals surface area contributed by atoms with Crippen LogP contribution in [0.3, 0.4) is 0 Å². The van der Waals surface area contributed by atoms with Crippen LogP contribution in [0, 0.1) is 0 Å². The molecule has 1 N–H and O–H groups in total. The first-order valence-electron chi connectivity index (χ1n) is 11.6. The molecular weight excluding hydrogens is 478 g/mol. The van der Waals surface area contributed by atoms with E-state index in [4.69, 9.17) is 9.16 Å². The molecule has 1 saturated heterocycles. The number of ether oxygens (including phenoxy) is 1. The molecule has 2 aromatic carbocycles. The number of benzene rings is 2. The molecule has 184 valence electrons. The normalized spacial score (nSPS) is 18.4. The molecule has 2 unspecified atom stereocenters. The van der Waals surface area contributed by atoms with Gasteiger partial charge in [-0.15, -0.1) is 11.8 Å². The molecule has 0 bridgehead atoms. The molecule has 0 aliphatic carbocycles. The Balaban J connectivity index is 1.56. The molecule has 4 rings (SSSR count). The van der Waals surface area contributed by atoms with Gasteiger partial charge in [0.2, 0.25) is 5.91 Å². The molecule has 0 spiro atoms. The fraction of sp³-hybridized carbons (Fsp3) is 0.346. The smallest absolute Gasteiger partial charge is 0.351 e. The van der Waals surface area contributed by atoms with Gasteiger partial charge in [0, 0.05) is 18.9 Å². The minimum atomic E-state index is -2.67. The molecule has 2 heterocycles. The van der Waals surface area contributed by atoms with Gasteiger partial charge in [0.1, 0.15) is 17.5 Å². The number of nitrogens with one attached hydrogen (secondary N) is 1.